The average Bonchev–Trinajstić information content (AvgIpc) is 3.16. The Labute approximate surface area is 190 Å². The van der Waals surface area contributed by atoms with Gasteiger partial charge in [-0.3, -0.25) is 9.59 Å². The minimum atomic E-state index is -4.43. The number of hydrogen-bond donors (Lipinski definition) is 2. The standard InChI is InChI=1S/C24H27F3N2O4/c1-32-19-7-6-16(13-20(19)33-2)14-23(11-9-22(31)29-23)10-8-21(30)28-15-17-4-3-5-18(12-17)24(25,26)27/h3-7,12-13H,8-11,14-15H2,1-2H3,(H,28,30)(H,29,31)/t23-/m1/s1. The maximum absolute atomic E-state index is 12.9. The van der Waals surface area contributed by atoms with Gasteiger partial charge in [-0.05, 0) is 54.7 Å². The SMILES string of the molecule is COc1ccc(C[C@@]2(CCC(=O)NCc3cccc(C(F)(F)F)c3)CCC(=O)N2)cc1OC. The summed E-state index contributed by atoms with van der Waals surface area (Å²) < 4.78 is 49.2. The highest BCUT2D eigenvalue weighted by molar-refractivity contribution is 5.80. The van der Waals surface area contributed by atoms with Gasteiger partial charge in [0.15, 0.2) is 11.5 Å². The second-order valence-corrected chi connectivity index (χ2v) is 8.17. The second kappa shape index (κ2) is 10.1. The van der Waals surface area contributed by atoms with E-state index in [0.29, 0.717) is 42.7 Å². The number of halogens is 3. The molecule has 0 aliphatic carbocycles. The molecule has 0 bridgehead atoms. The third kappa shape index (κ3) is 6.40. The molecule has 1 saturated heterocycles. The van der Waals surface area contributed by atoms with Gasteiger partial charge < -0.3 is 20.1 Å². The minimum absolute atomic E-state index is 0.00219. The molecule has 1 aliphatic rings. The molecule has 2 N–H and O–H groups in total. The third-order valence-corrected chi connectivity index (χ3v) is 5.80. The molecule has 0 saturated carbocycles. The molecule has 0 spiro atoms. The molecule has 33 heavy (non-hydrogen) atoms. The lowest BCUT2D eigenvalue weighted by atomic mass is 9.85. The van der Waals surface area contributed by atoms with Crippen molar-refractivity contribution in [3.05, 3.63) is 59.2 Å². The van der Waals surface area contributed by atoms with E-state index in [4.69, 9.17) is 9.47 Å². The fraction of sp³-hybridized carbons (Fsp3) is 0.417. The molecule has 1 aliphatic heterocycles. The van der Waals surface area contributed by atoms with Crippen LogP contribution in [-0.4, -0.2) is 31.6 Å². The van der Waals surface area contributed by atoms with Crippen LogP contribution in [0.25, 0.3) is 0 Å². The van der Waals surface area contributed by atoms with E-state index in [9.17, 15) is 22.8 Å². The first-order valence-corrected chi connectivity index (χ1v) is 10.6. The molecule has 1 fully saturated rings. The summed E-state index contributed by atoms with van der Waals surface area (Å²) in [6.45, 7) is -0.00219. The highest BCUT2D eigenvalue weighted by Gasteiger charge is 2.38. The molecule has 0 radical (unpaired) electrons. The van der Waals surface area contributed by atoms with Crippen LogP contribution in [0.4, 0.5) is 13.2 Å². The van der Waals surface area contributed by atoms with E-state index in [2.05, 4.69) is 10.6 Å². The lowest BCUT2D eigenvalue weighted by molar-refractivity contribution is -0.137. The molecule has 2 aromatic rings. The molecule has 2 amide bonds. The molecule has 178 valence electrons. The van der Waals surface area contributed by atoms with Gasteiger partial charge in [-0.1, -0.05) is 18.2 Å². The van der Waals surface area contributed by atoms with Crippen LogP contribution in [0.3, 0.4) is 0 Å². The maximum Gasteiger partial charge on any atom is 0.416 e. The summed E-state index contributed by atoms with van der Waals surface area (Å²) in [5, 5.41) is 5.69. The lowest BCUT2D eigenvalue weighted by Gasteiger charge is -2.29. The monoisotopic (exact) mass is 464 g/mol. The van der Waals surface area contributed by atoms with Gasteiger partial charge in [0.25, 0.3) is 0 Å². The van der Waals surface area contributed by atoms with E-state index in [0.717, 1.165) is 17.7 Å². The molecular weight excluding hydrogens is 437 g/mol. The van der Waals surface area contributed by atoms with Gasteiger partial charge in [0.2, 0.25) is 11.8 Å². The van der Waals surface area contributed by atoms with Crippen LogP contribution < -0.4 is 20.1 Å². The maximum atomic E-state index is 12.9. The quantitative estimate of drug-likeness (QED) is 0.588. The molecule has 1 atom stereocenters. The Balaban J connectivity index is 1.62. The van der Waals surface area contributed by atoms with Crippen molar-refractivity contribution >= 4 is 11.8 Å². The zero-order valence-electron chi connectivity index (χ0n) is 18.6. The first-order chi connectivity index (χ1) is 15.6. The van der Waals surface area contributed by atoms with Crippen molar-refractivity contribution < 1.29 is 32.2 Å². The molecular formula is C24H27F3N2O4. The van der Waals surface area contributed by atoms with Crippen LogP contribution in [0.15, 0.2) is 42.5 Å². The van der Waals surface area contributed by atoms with E-state index >= 15 is 0 Å². The molecule has 3 rings (SSSR count). The van der Waals surface area contributed by atoms with E-state index in [1.807, 2.05) is 12.1 Å². The topological polar surface area (TPSA) is 76.7 Å². The molecule has 9 heteroatoms. The van der Waals surface area contributed by atoms with E-state index < -0.39 is 17.3 Å². The first-order valence-electron chi connectivity index (χ1n) is 10.6. The van der Waals surface area contributed by atoms with Crippen LogP contribution in [-0.2, 0) is 28.7 Å². The first kappa shape index (κ1) is 24.4. The molecule has 2 aromatic carbocycles. The van der Waals surface area contributed by atoms with E-state index in [1.54, 1.807) is 20.3 Å². The van der Waals surface area contributed by atoms with Crippen LogP contribution in [0.1, 0.15) is 42.4 Å². The lowest BCUT2D eigenvalue weighted by Crippen LogP contribution is -2.44. The Bertz CT molecular complexity index is 1010. The number of nitrogens with one attached hydrogen (secondary N) is 2. The Kier molecular flexibility index (Phi) is 7.50. The predicted octanol–water partition coefficient (Wildman–Crippen LogP) is 4.01. The number of amides is 2. The predicted molar refractivity (Wildman–Crippen MR) is 116 cm³/mol. The van der Waals surface area contributed by atoms with Crippen molar-refractivity contribution in [3.63, 3.8) is 0 Å². The van der Waals surface area contributed by atoms with Crippen molar-refractivity contribution in [2.75, 3.05) is 14.2 Å². The summed E-state index contributed by atoms with van der Waals surface area (Å²) in [6.07, 6.45) is -2.43. The number of benzene rings is 2. The van der Waals surface area contributed by atoms with Crippen LogP contribution in [0.2, 0.25) is 0 Å². The largest absolute Gasteiger partial charge is 0.493 e. The minimum Gasteiger partial charge on any atom is -0.493 e. The summed E-state index contributed by atoms with van der Waals surface area (Å²) in [5.74, 6) is 0.813. The van der Waals surface area contributed by atoms with Crippen LogP contribution in [0.5, 0.6) is 11.5 Å². The van der Waals surface area contributed by atoms with Gasteiger partial charge in [-0.15, -0.1) is 0 Å². The Hall–Kier alpha value is -3.23. The molecule has 6 nitrogen and oxygen atoms in total. The zero-order chi connectivity index (χ0) is 24.1. The molecule has 1 heterocycles. The Morgan fingerprint density at radius 1 is 1.09 bits per heavy atom. The number of carbonyl (C=O) groups excluding carboxylic acids is 2. The number of alkyl halides is 3. The van der Waals surface area contributed by atoms with Crippen molar-refractivity contribution in [3.8, 4) is 11.5 Å². The van der Waals surface area contributed by atoms with Gasteiger partial charge in [-0.25, -0.2) is 0 Å². The van der Waals surface area contributed by atoms with E-state index in [-0.39, 0.29) is 24.8 Å². The smallest absolute Gasteiger partial charge is 0.416 e. The number of methoxy groups -OCH3 is 2. The normalized spacial score (nSPS) is 18.0. The highest BCUT2D eigenvalue weighted by atomic mass is 19.4. The van der Waals surface area contributed by atoms with E-state index in [1.165, 1.54) is 12.1 Å². The third-order valence-electron chi connectivity index (χ3n) is 5.80. The highest BCUT2D eigenvalue weighted by Crippen LogP contribution is 2.34. The van der Waals surface area contributed by atoms with Crippen molar-refractivity contribution in [2.45, 2.75) is 50.4 Å². The van der Waals surface area contributed by atoms with Gasteiger partial charge in [-0.2, -0.15) is 13.2 Å². The summed E-state index contributed by atoms with van der Waals surface area (Å²) in [6, 6.07) is 10.4. The summed E-state index contributed by atoms with van der Waals surface area (Å²) in [5.41, 5.74) is -0.0343. The fourth-order valence-corrected chi connectivity index (χ4v) is 4.06. The van der Waals surface area contributed by atoms with Gasteiger partial charge in [0.1, 0.15) is 0 Å². The van der Waals surface area contributed by atoms with Gasteiger partial charge >= 0.3 is 6.18 Å². The summed E-state index contributed by atoms with van der Waals surface area (Å²) >= 11 is 0. The van der Waals surface area contributed by atoms with Crippen molar-refractivity contribution in [1.29, 1.82) is 0 Å². The molecule has 0 aromatic heterocycles. The fourth-order valence-electron chi connectivity index (χ4n) is 4.06. The number of carbonyl (C=O) groups is 2. The zero-order valence-corrected chi connectivity index (χ0v) is 18.6. The van der Waals surface area contributed by atoms with Crippen molar-refractivity contribution in [2.24, 2.45) is 0 Å². The van der Waals surface area contributed by atoms with Gasteiger partial charge in [0, 0.05) is 24.9 Å². The molecule has 0 unspecified atom stereocenters. The van der Waals surface area contributed by atoms with Crippen LogP contribution >= 0.6 is 0 Å². The second-order valence-electron chi connectivity index (χ2n) is 8.17. The average molecular weight is 464 g/mol. The van der Waals surface area contributed by atoms with Crippen molar-refractivity contribution in [1.82, 2.24) is 10.6 Å². The summed E-state index contributed by atoms with van der Waals surface area (Å²) in [4.78, 5) is 24.4. The Morgan fingerprint density at radius 2 is 1.85 bits per heavy atom. The van der Waals surface area contributed by atoms with Gasteiger partial charge in [0.05, 0.1) is 19.8 Å². The summed E-state index contributed by atoms with van der Waals surface area (Å²) in [7, 11) is 3.09. The number of ether oxygens (including phenoxy) is 2. The Morgan fingerprint density at radius 3 is 2.48 bits per heavy atom. The van der Waals surface area contributed by atoms with Crippen LogP contribution in [0, 0.1) is 0 Å². The number of hydrogen-bond acceptors (Lipinski definition) is 4. The number of rotatable bonds is 9.